The first-order valence-electron chi connectivity index (χ1n) is 5.83. The Labute approximate surface area is 111 Å². The van der Waals surface area contributed by atoms with Gasteiger partial charge in [-0.25, -0.2) is 0 Å². The van der Waals surface area contributed by atoms with E-state index in [1.54, 1.807) is 12.1 Å². The van der Waals surface area contributed by atoms with Crippen molar-refractivity contribution in [1.82, 2.24) is 5.32 Å². The Morgan fingerprint density at radius 1 is 1.50 bits per heavy atom. The smallest absolute Gasteiger partial charge is 0.292 e. The van der Waals surface area contributed by atoms with E-state index in [0.717, 1.165) is 13.1 Å². The van der Waals surface area contributed by atoms with Crippen molar-refractivity contribution in [3.63, 3.8) is 0 Å². The lowest BCUT2D eigenvalue weighted by Crippen LogP contribution is -2.57. The first-order chi connectivity index (χ1) is 8.39. The van der Waals surface area contributed by atoms with Crippen LogP contribution in [-0.4, -0.2) is 30.1 Å². The van der Waals surface area contributed by atoms with Gasteiger partial charge in [0.1, 0.15) is 5.69 Å². The number of rotatable bonds is 2. The van der Waals surface area contributed by atoms with Gasteiger partial charge < -0.3 is 10.2 Å². The monoisotopic (exact) mass is 269 g/mol. The van der Waals surface area contributed by atoms with Gasteiger partial charge in [0.05, 0.1) is 4.92 Å². The Kier molecular flexibility index (Phi) is 3.45. The predicted molar refractivity (Wildman–Crippen MR) is 72.4 cm³/mol. The number of benzene rings is 1. The van der Waals surface area contributed by atoms with Crippen molar-refractivity contribution in [2.75, 3.05) is 24.5 Å². The molecule has 1 aromatic carbocycles. The molecule has 1 aliphatic rings. The topological polar surface area (TPSA) is 58.4 Å². The third kappa shape index (κ3) is 2.73. The van der Waals surface area contributed by atoms with Crippen LogP contribution < -0.4 is 10.2 Å². The molecular formula is C12H16ClN3O2. The molecule has 1 N–H and O–H groups in total. The quantitative estimate of drug-likeness (QED) is 0.662. The van der Waals surface area contributed by atoms with Gasteiger partial charge in [-0.3, -0.25) is 10.1 Å². The Balaban J connectivity index is 2.37. The number of nitrogens with one attached hydrogen (secondary N) is 1. The maximum absolute atomic E-state index is 11.1. The van der Waals surface area contributed by atoms with Gasteiger partial charge in [-0.2, -0.15) is 0 Å². The van der Waals surface area contributed by atoms with Crippen molar-refractivity contribution in [1.29, 1.82) is 0 Å². The summed E-state index contributed by atoms with van der Waals surface area (Å²) >= 11 is 5.95. The van der Waals surface area contributed by atoms with E-state index in [4.69, 9.17) is 11.6 Å². The van der Waals surface area contributed by atoms with E-state index in [2.05, 4.69) is 19.2 Å². The normalized spacial score (nSPS) is 18.7. The molecule has 1 aliphatic heterocycles. The molecule has 5 nitrogen and oxygen atoms in total. The minimum Gasteiger partial charge on any atom is -0.363 e. The van der Waals surface area contributed by atoms with Crippen molar-refractivity contribution >= 4 is 23.0 Å². The minimum atomic E-state index is -0.360. The van der Waals surface area contributed by atoms with Gasteiger partial charge in [-0.1, -0.05) is 11.6 Å². The van der Waals surface area contributed by atoms with Crippen molar-refractivity contribution in [2.45, 2.75) is 19.4 Å². The van der Waals surface area contributed by atoms with Crippen LogP contribution in [0, 0.1) is 10.1 Å². The Hall–Kier alpha value is -1.33. The Morgan fingerprint density at radius 3 is 2.83 bits per heavy atom. The van der Waals surface area contributed by atoms with E-state index < -0.39 is 0 Å². The zero-order valence-corrected chi connectivity index (χ0v) is 11.2. The average Bonchev–Trinajstić information content (AvgIpc) is 2.27. The van der Waals surface area contributed by atoms with Gasteiger partial charge in [0.15, 0.2) is 0 Å². The van der Waals surface area contributed by atoms with Crippen molar-refractivity contribution in [3.05, 3.63) is 33.3 Å². The summed E-state index contributed by atoms with van der Waals surface area (Å²) in [5, 5.41) is 15.0. The van der Waals surface area contributed by atoms with Crippen molar-refractivity contribution in [3.8, 4) is 0 Å². The van der Waals surface area contributed by atoms with E-state index in [-0.39, 0.29) is 16.1 Å². The lowest BCUT2D eigenvalue weighted by molar-refractivity contribution is -0.384. The van der Waals surface area contributed by atoms with E-state index in [1.165, 1.54) is 6.07 Å². The fourth-order valence-corrected chi connectivity index (χ4v) is 2.42. The molecule has 1 heterocycles. The molecular weight excluding hydrogens is 254 g/mol. The molecule has 1 saturated heterocycles. The van der Waals surface area contributed by atoms with Gasteiger partial charge in [0, 0.05) is 36.3 Å². The summed E-state index contributed by atoms with van der Waals surface area (Å²) in [6.07, 6.45) is 0. The predicted octanol–water partition coefficient (Wildman–Crippen LogP) is 2.44. The average molecular weight is 270 g/mol. The summed E-state index contributed by atoms with van der Waals surface area (Å²) in [6.45, 7) is 6.42. The molecule has 0 unspecified atom stereocenters. The lowest BCUT2D eigenvalue weighted by atomic mass is 10.0. The third-order valence-corrected chi connectivity index (χ3v) is 3.28. The van der Waals surface area contributed by atoms with Crippen LogP contribution in [0.5, 0.6) is 0 Å². The fourth-order valence-electron chi connectivity index (χ4n) is 2.25. The number of nitrogens with zero attached hydrogens (tertiary/aromatic N) is 2. The van der Waals surface area contributed by atoms with Crippen LogP contribution in [0.2, 0.25) is 5.02 Å². The van der Waals surface area contributed by atoms with Crippen LogP contribution in [0.25, 0.3) is 0 Å². The number of piperazine rings is 1. The zero-order valence-electron chi connectivity index (χ0n) is 10.4. The van der Waals surface area contributed by atoms with Crippen LogP contribution in [0.4, 0.5) is 11.4 Å². The highest BCUT2D eigenvalue weighted by Gasteiger charge is 2.29. The number of halogens is 1. The van der Waals surface area contributed by atoms with Gasteiger partial charge in [0.25, 0.3) is 5.69 Å². The first-order valence-corrected chi connectivity index (χ1v) is 6.21. The second kappa shape index (κ2) is 4.74. The summed E-state index contributed by atoms with van der Waals surface area (Å²) in [7, 11) is 0. The minimum absolute atomic E-state index is 0.0611. The summed E-state index contributed by atoms with van der Waals surface area (Å²) in [6, 6.07) is 4.68. The van der Waals surface area contributed by atoms with Crippen LogP contribution in [0.1, 0.15) is 13.8 Å². The summed E-state index contributed by atoms with van der Waals surface area (Å²) in [4.78, 5) is 12.7. The van der Waals surface area contributed by atoms with E-state index in [9.17, 15) is 10.1 Å². The number of hydrogen-bond donors (Lipinski definition) is 1. The summed E-state index contributed by atoms with van der Waals surface area (Å²) < 4.78 is 0. The Morgan fingerprint density at radius 2 is 2.22 bits per heavy atom. The first kappa shape index (κ1) is 13.1. The summed E-state index contributed by atoms with van der Waals surface area (Å²) in [5.74, 6) is 0. The largest absolute Gasteiger partial charge is 0.363 e. The van der Waals surface area contributed by atoms with E-state index in [1.807, 2.05) is 4.90 Å². The molecule has 0 bridgehead atoms. The molecule has 1 fully saturated rings. The fraction of sp³-hybridized carbons (Fsp3) is 0.500. The van der Waals surface area contributed by atoms with Crippen LogP contribution in [-0.2, 0) is 0 Å². The molecule has 2 rings (SSSR count). The molecule has 0 amide bonds. The highest BCUT2D eigenvalue weighted by Crippen LogP contribution is 2.32. The lowest BCUT2D eigenvalue weighted by Gasteiger charge is -2.40. The number of nitro groups is 1. The van der Waals surface area contributed by atoms with E-state index >= 15 is 0 Å². The number of nitro benzene ring substituents is 1. The molecule has 98 valence electrons. The molecule has 1 aromatic rings. The SMILES string of the molecule is CC1(C)CN(c2cc(Cl)ccc2[N+](=O)[O-])CCN1. The second-order valence-corrected chi connectivity index (χ2v) is 5.56. The van der Waals surface area contributed by atoms with Crippen LogP contribution >= 0.6 is 11.6 Å². The molecule has 0 radical (unpaired) electrons. The zero-order chi connectivity index (χ0) is 13.3. The van der Waals surface area contributed by atoms with Gasteiger partial charge >= 0.3 is 0 Å². The van der Waals surface area contributed by atoms with Gasteiger partial charge in [0.2, 0.25) is 0 Å². The van der Waals surface area contributed by atoms with Crippen molar-refractivity contribution in [2.24, 2.45) is 0 Å². The van der Waals surface area contributed by atoms with Gasteiger partial charge in [-0.15, -0.1) is 0 Å². The van der Waals surface area contributed by atoms with E-state index in [0.29, 0.717) is 17.3 Å². The standard InChI is InChI=1S/C12H16ClN3O2/c1-12(2)8-15(6-5-14-12)11-7-9(13)3-4-10(11)16(17)18/h3-4,7,14H,5-6,8H2,1-2H3. The third-order valence-electron chi connectivity index (χ3n) is 3.05. The molecule has 0 aliphatic carbocycles. The number of anilines is 1. The molecule has 0 spiro atoms. The molecule has 18 heavy (non-hydrogen) atoms. The molecule has 0 atom stereocenters. The highest BCUT2D eigenvalue weighted by molar-refractivity contribution is 6.31. The van der Waals surface area contributed by atoms with Crippen molar-refractivity contribution < 1.29 is 4.92 Å². The highest BCUT2D eigenvalue weighted by atomic mass is 35.5. The van der Waals surface area contributed by atoms with Crippen LogP contribution in [0.15, 0.2) is 18.2 Å². The second-order valence-electron chi connectivity index (χ2n) is 5.12. The maximum Gasteiger partial charge on any atom is 0.292 e. The summed E-state index contributed by atoms with van der Waals surface area (Å²) in [5.41, 5.74) is 0.646. The maximum atomic E-state index is 11.1. The molecule has 0 saturated carbocycles. The Bertz CT molecular complexity index is 476. The van der Waals surface area contributed by atoms with Crippen LogP contribution in [0.3, 0.4) is 0 Å². The van der Waals surface area contributed by atoms with Gasteiger partial charge in [-0.05, 0) is 26.0 Å². The molecule has 0 aromatic heterocycles. The molecule has 6 heteroatoms. The number of hydrogen-bond acceptors (Lipinski definition) is 4.